The molecule has 90 valence electrons. The Hall–Kier alpha value is -0.160. The van der Waals surface area contributed by atoms with Crippen LogP contribution >= 0.6 is 43.2 Å². The van der Waals surface area contributed by atoms with E-state index in [0.29, 0.717) is 0 Å². The third-order valence-electron chi connectivity index (χ3n) is 2.63. The smallest absolute Gasteiger partial charge is 0.0702 e. The number of halogens is 2. The van der Waals surface area contributed by atoms with E-state index in [-0.39, 0.29) is 6.04 Å². The molecule has 17 heavy (non-hydrogen) atoms. The molecule has 0 amide bonds. The zero-order valence-corrected chi connectivity index (χ0v) is 13.6. The average molecular weight is 375 g/mol. The minimum absolute atomic E-state index is 0.237. The van der Waals surface area contributed by atoms with Crippen molar-refractivity contribution in [1.82, 2.24) is 5.32 Å². The summed E-state index contributed by atoms with van der Waals surface area (Å²) in [6, 6.07) is 10.9. The van der Waals surface area contributed by atoms with Crippen molar-refractivity contribution in [2.24, 2.45) is 0 Å². The summed E-state index contributed by atoms with van der Waals surface area (Å²) in [7, 11) is 1.99. The molecule has 0 bridgehead atoms. The summed E-state index contributed by atoms with van der Waals surface area (Å²) >= 11 is 8.91. The maximum absolute atomic E-state index is 3.63. The summed E-state index contributed by atoms with van der Waals surface area (Å²) in [4.78, 5) is 1.31. The van der Waals surface area contributed by atoms with Gasteiger partial charge >= 0.3 is 0 Å². The fraction of sp³-hybridized carbons (Fsp3) is 0.231. The van der Waals surface area contributed by atoms with Gasteiger partial charge < -0.3 is 5.32 Å². The van der Waals surface area contributed by atoms with E-state index < -0.39 is 0 Å². The fourth-order valence-electron chi connectivity index (χ4n) is 1.82. The van der Waals surface area contributed by atoms with Gasteiger partial charge in [0.15, 0.2) is 0 Å². The van der Waals surface area contributed by atoms with Gasteiger partial charge in [0.1, 0.15) is 0 Å². The van der Waals surface area contributed by atoms with Crippen LogP contribution in [0.1, 0.15) is 22.0 Å². The highest BCUT2D eigenvalue weighted by molar-refractivity contribution is 9.11. The summed E-state index contributed by atoms with van der Waals surface area (Å²) < 4.78 is 2.31. The van der Waals surface area contributed by atoms with Crippen LogP contribution in [0.4, 0.5) is 0 Å². The van der Waals surface area contributed by atoms with Gasteiger partial charge in [-0.05, 0) is 53.7 Å². The van der Waals surface area contributed by atoms with Gasteiger partial charge in [-0.3, -0.25) is 0 Å². The first-order valence-electron chi connectivity index (χ1n) is 5.30. The molecule has 4 heteroatoms. The molecule has 0 saturated carbocycles. The van der Waals surface area contributed by atoms with Crippen molar-refractivity contribution in [3.63, 3.8) is 0 Å². The molecule has 1 nitrogen and oxygen atoms in total. The molecule has 2 aromatic rings. The van der Waals surface area contributed by atoms with Crippen molar-refractivity contribution >= 4 is 43.2 Å². The van der Waals surface area contributed by atoms with E-state index >= 15 is 0 Å². The SMILES string of the molecule is CNC(c1ccc(Br)s1)c1cc(C)ccc1Br. The first-order valence-corrected chi connectivity index (χ1v) is 7.70. The molecule has 0 aliphatic heterocycles. The Labute approximate surface area is 123 Å². The standard InChI is InChI=1S/C13H13Br2NS/c1-8-3-4-10(14)9(7-8)13(16-2)11-5-6-12(15)17-11/h3-7,13,16H,1-2H3. The molecule has 0 radical (unpaired) electrons. The highest BCUT2D eigenvalue weighted by atomic mass is 79.9. The lowest BCUT2D eigenvalue weighted by atomic mass is 10.0. The Morgan fingerprint density at radius 2 is 1.94 bits per heavy atom. The second-order valence-electron chi connectivity index (χ2n) is 3.89. The van der Waals surface area contributed by atoms with E-state index in [0.717, 1.165) is 8.26 Å². The van der Waals surface area contributed by atoms with Gasteiger partial charge in [0.2, 0.25) is 0 Å². The molecule has 1 atom stereocenters. The van der Waals surface area contributed by atoms with E-state index in [1.165, 1.54) is 16.0 Å². The molecule has 1 N–H and O–H groups in total. The monoisotopic (exact) mass is 373 g/mol. The zero-order valence-electron chi connectivity index (χ0n) is 9.63. The van der Waals surface area contributed by atoms with Crippen LogP contribution in [-0.4, -0.2) is 7.05 Å². The van der Waals surface area contributed by atoms with Crippen molar-refractivity contribution in [1.29, 1.82) is 0 Å². The number of thiophene rings is 1. The van der Waals surface area contributed by atoms with Crippen LogP contribution < -0.4 is 5.32 Å². The van der Waals surface area contributed by atoms with Gasteiger partial charge in [-0.1, -0.05) is 33.6 Å². The van der Waals surface area contributed by atoms with Gasteiger partial charge in [-0.25, -0.2) is 0 Å². The molecular weight excluding hydrogens is 362 g/mol. The summed E-state index contributed by atoms with van der Waals surface area (Å²) in [5.74, 6) is 0. The third-order valence-corrected chi connectivity index (χ3v) is 5.04. The van der Waals surface area contributed by atoms with Crippen LogP contribution in [0, 0.1) is 6.92 Å². The Kier molecular flexibility index (Phi) is 4.42. The number of nitrogens with one attached hydrogen (secondary N) is 1. The van der Waals surface area contributed by atoms with Crippen LogP contribution in [0.5, 0.6) is 0 Å². The normalized spacial score (nSPS) is 12.7. The Balaban J connectivity index is 2.45. The van der Waals surface area contributed by atoms with Crippen LogP contribution in [0.15, 0.2) is 38.6 Å². The molecule has 0 aliphatic carbocycles. The molecule has 0 saturated heterocycles. The number of benzene rings is 1. The van der Waals surface area contributed by atoms with Gasteiger partial charge in [-0.15, -0.1) is 11.3 Å². The summed E-state index contributed by atoms with van der Waals surface area (Å²) in [6.07, 6.45) is 0. The van der Waals surface area contributed by atoms with Gasteiger partial charge in [0.25, 0.3) is 0 Å². The number of hydrogen-bond donors (Lipinski definition) is 1. The van der Waals surface area contributed by atoms with E-state index in [9.17, 15) is 0 Å². The predicted molar refractivity (Wildman–Crippen MR) is 81.8 cm³/mol. The lowest BCUT2D eigenvalue weighted by molar-refractivity contribution is 0.700. The second kappa shape index (κ2) is 5.65. The first kappa shape index (κ1) is 13.3. The maximum Gasteiger partial charge on any atom is 0.0702 e. The Morgan fingerprint density at radius 1 is 1.18 bits per heavy atom. The van der Waals surface area contributed by atoms with E-state index in [4.69, 9.17) is 0 Å². The van der Waals surface area contributed by atoms with Crippen LogP contribution in [0.2, 0.25) is 0 Å². The van der Waals surface area contributed by atoms with E-state index in [1.54, 1.807) is 11.3 Å². The molecule has 2 rings (SSSR count). The van der Waals surface area contributed by atoms with Crippen LogP contribution in [0.25, 0.3) is 0 Å². The topological polar surface area (TPSA) is 12.0 Å². The van der Waals surface area contributed by atoms with Crippen molar-refractivity contribution in [2.45, 2.75) is 13.0 Å². The van der Waals surface area contributed by atoms with Crippen LogP contribution in [-0.2, 0) is 0 Å². The number of hydrogen-bond acceptors (Lipinski definition) is 2. The number of aryl methyl sites for hydroxylation is 1. The fourth-order valence-corrected chi connectivity index (χ4v) is 3.85. The Morgan fingerprint density at radius 3 is 2.53 bits per heavy atom. The highest BCUT2D eigenvalue weighted by Crippen LogP contribution is 2.34. The summed E-state index contributed by atoms with van der Waals surface area (Å²) in [5, 5.41) is 3.38. The zero-order chi connectivity index (χ0) is 12.4. The van der Waals surface area contributed by atoms with Crippen molar-refractivity contribution in [3.8, 4) is 0 Å². The largest absolute Gasteiger partial charge is 0.309 e. The molecule has 0 fully saturated rings. The lowest BCUT2D eigenvalue weighted by Gasteiger charge is -2.17. The third kappa shape index (κ3) is 2.99. The van der Waals surface area contributed by atoms with Crippen molar-refractivity contribution in [3.05, 3.63) is 54.6 Å². The quantitative estimate of drug-likeness (QED) is 0.806. The first-order chi connectivity index (χ1) is 8.11. The van der Waals surface area contributed by atoms with E-state index in [1.807, 2.05) is 7.05 Å². The predicted octanol–water partition coefficient (Wildman–Crippen LogP) is 4.89. The average Bonchev–Trinajstić information content (AvgIpc) is 2.71. The maximum atomic E-state index is 3.63. The van der Waals surface area contributed by atoms with E-state index in [2.05, 4.69) is 74.4 Å². The Bertz CT molecular complexity index is 522. The minimum atomic E-state index is 0.237. The van der Waals surface area contributed by atoms with Gasteiger partial charge in [-0.2, -0.15) is 0 Å². The van der Waals surface area contributed by atoms with Gasteiger partial charge in [0, 0.05) is 9.35 Å². The minimum Gasteiger partial charge on any atom is -0.309 e. The number of rotatable bonds is 3. The molecule has 0 aliphatic rings. The molecule has 1 aromatic carbocycles. The lowest BCUT2D eigenvalue weighted by Crippen LogP contribution is -2.17. The molecule has 0 spiro atoms. The molecule has 1 heterocycles. The summed E-state index contributed by atoms with van der Waals surface area (Å²) in [5.41, 5.74) is 2.56. The summed E-state index contributed by atoms with van der Waals surface area (Å²) in [6.45, 7) is 2.12. The van der Waals surface area contributed by atoms with Crippen molar-refractivity contribution < 1.29 is 0 Å². The van der Waals surface area contributed by atoms with Crippen molar-refractivity contribution in [2.75, 3.05) is 7.05 Å². The highest BCUT2D eigenvalue weighted by Gasteiger charge is 2.16. The van der Waals surface area contributed by atoms with Gasteiger partial charge in [0.05, 0.1) is 9.83 Å². The molecule has 1 unspecified atom stereocenters. The molecular formula is C13H13Br2NS. The second-order valence-corrected chi connectivity index (χ2v) is 7.24. The van der Waals surface area contributed by atoms with Crippen LogP contribution in [0.3, 0.4) is 0 Å². The molecule has 1 aromatic heterocycles.